The van der Waals surface area contributed by atoms with E-state index in [1.807, 2.05) is 49.4 Å². The van der Waals surface area contributed by atoms with Gasteiger partial charge in [-0.3, -0.25) is 0 Å². The Morgan fingerprint density at radius 1 is 1.12 bits per heavy atom. The maximum atomic E-state index is 10.7. The van der Waals surface area contributed by atoms with Crippen molar-refractivity contribution in [2.45, 2.75) is 25.4 Å². The third-order valence-corrected chi connectivity index (χ3v) is 5.35. The number of benzene rings is 2. The van der Waals surface area contributed by atoms with E-state index >= 15 is 0 Å². The van der Waals surface area contributed by atoms with E-state index < -0.39 is 6.10 Å². The van der Waals surface area contributed by atoms with Crippen LogP contribution in [0.5, 0.6) is 0 Å². The Balaban J connectivity index is 1.68. The Bertz CT molecular complexity index is 978. The molecule has 0 unspecified atom stereocenters. The second-order valence-corrected chi connectivity index (χ2v) is 6.88. The lowest BCUT2D eigenvalue weighted by Crippen LogP contribution is -2.43. The Hall–Kier alpha value is -2.90. The number of aliphatic hydroxyl groups excluding tert-OH is 1. The quantitative estimate of drug-likeness (QED) is 0.769. The first-order valence-corrected chi connectivity index (χ1v) is 8.96. The molecule has 0 radical (unpaired) electrons. The van der Waals surface area contributed by atoms with Gasteiger partial charge in [-0.15, -0.1) is 0 Å². The number of nitriles is 1. The molecule has 1 aromatic heterocycles. The van der Waals surface area contributed by atoms with Crippen LogP contribution >= 0.6 is 0 Å². The lowest BCUT2D eigenvalue weighted by Gasteiger charge is -2.37. The molecular weight excluding hydrogens is 322 g/mol. The standard InChI is InChI=1S/C22H21N3O/c1-15-17-9-5-6-10-20(17)24-22(19(15)13-23)25-12-11-18(21(26)14-25)16-7-3-2-4-8-16/h2-10,18,21,26H,11-12,14H2,1H3/t18-,21-/m1/s1. The SMILES string of the molecule is Cc1c(C#N)c(N2CC[C@H](c3ccccc3)[C@H](O)C2)nc2ccccc12. The molecular formula is C22H21N3O. The fraction of sp³-hybridized carbons (Fsp3) is 0.273. The third kappa shape index (κ3) is 2.81. The number of aryl methyl sites for hydroxylation is 1. The molecule has 2 atom stereocenters. The van der Waals surface area contributed by atoms with Crippen molar-refractivity contribution >= 4 is 16.7 Å². The fourth-order valence-electron chi connectivity index (χ4n) is 3.94. The summed E-state index contributed by atoms with van der Waals surface area (Å²) in [5, 5.41) is 21.5. The van der Waals surface area contributed by atoms with Gasteiger partial charge in [-0.2, -0.15) is 5.26 Å². The number of hydrogen-bond donors (Lipinski definition) is 1. The average Bonchev–Trinajstić information content (AvgIpc) is 2.68. The van der Waals surface area contributed by atoms with Crippen molar-refractivity contribution in [1.82, 2.24) is 4.98 Å². The summed E-state index contributed by atoms with van der Waals surface area (Å²) in [6.07, 6.45) is 0.357. The van der Waals surface area contributed by atoms with Crippen molar-refractivity contribution < 1.29 is 5.11 Å². The number of rotatable bonds is 2. The summed E-state index contributed by atoms with van der Waals surface area (Å²) in [4.78, 5) is 6.81. The highest BCUT2D eigenvalue weighted by Gasteiger charge is 2.31. The van der Waals surface area contributed by atoms with Gasteiger partial charge < -0.3 is 10.0 Å². The average molecular weight is 343 g/mol. The van der Waals surface area contributed by atoms with Crippen molar-refractivity contribution in [3.63, 3.8) is 0 Å². The first-order valence-electron chi connectivity index (χ1n) is 8.96. The zero-order valence-electron chi connectivity index (χ0n) is 14.8. The maximum Gasteiger partial charge on any atom is 0.147 e. The highest BCUT2D eigenvalue weighted by Crippen LogP contribution is 2.33. The summed E-state index contributed by atoms with van der Waals surface area (Å²) in [7, 11) is 0. The van der Waals surface area contributed by atoms with E-state index in [-0.39, 0.29) is 5.92 Å². The van der Waals surface area contributed by atoms with E-state index in [9.17, 15) is 10.4 Å². The number of nitrogens with zero attached hydrogens (tertiary/aromatic N) is 3. The lowest BCUT2D eigenvalue weighted by atomic mass is 9.87. The van der Waals surface area contributed by atoms with E-state index in [4.69, 9.17) is 4.98 Å². The fourth-order valence-corrected chi connectivity index (χ4v) is 3.94. The predicted molar refractivity (Wildman–Crippen MR) is 103 cm³/mol. The molecule has 4 nitrogen and oxygen atoms in total. The zero-order chi connectivity index (χ0) is 18.1. The minimum absolute atomic E-state index is 0.125. The first-order chi connectivity index (χ1) is 12.7. The normalized spacial score (nSPS) is 20.1. The topological polar surface area (TPSA) is 60.2 Å². The van der Waals surface area contributed by atoms with Gasteiger partial charge in [0.1, 0.15) is 11.9 Å². The first kappa shape index (κ1) is 16.6. The highest BCUT2D eigenvalue weighted by molar-refractivity contribution is 5.87. The van der Waals surface area contributed by atoms with Gasteiger partial charge in [0, 0.05) is 24.4 Å². The largest absolute Gasteiger partial charge is 0.391 e. The molecule has 1 aliphatic rings. The van der Waals surface area contributed by atoms with Crippen LogP contribution in [0.1, 0.15) is 29.0 Å². The molecule has 0 aliphatic carbocycles. The van der Waals surface area contributed by atoms with Crippen LogP contribution in [-0.4, -0.2) is 29.3 Å². The third-order valence-electron chi connectivity index (χ3n) is 5.35. The van der Waals surface area contributed by atoms with Crippen molar-refractivity contribution in [2.75, 3.05) is 18.0 Å². The van der Waals surface area contributed by atoms with Crippen molar-refractivity contribution in [3.8, 4) is 6.07 Å². The molecule has 1 aliphatic heterocycles. The van der Waals surface area contributed by atoms with Gasteiger partial charge in [-0.05, 0) is 30.5 Å². The molecule has 0 amide bonds. The van der Waals surface area contributed by atoms with E-state index in [0.717, 1.165) is 29.4 Å². The van der Waals surface area contributed by atoms with Crippen molar-refractivity contribution in [1.29, 1.82) is 5.26 Å². The Kier molecular flexibility index (Phi) is 4.32. The second kappa shape index (κ2) is 6.78. The predicted octanol–water partition coefficient (Wildman–Crippen LogP) is 3.77. The minimum Gasteiger partial charge on any atom is -0.391 e. The van der Waals surface area contributed by atoms with Crippen LogP contribution in [-0.2, 0) is 0 Å². The molecule has 1 saturated heterocycles. The van der Waals surface area contributed by atoms with Crippen molar-refractivity contribution in [3.05, 3.63) is 71.3 Å². The number of piperidine rings is 1. The molecule has 0 saturated carbocycles. The highest BCUT2D eigenvalue weighted by atomic mass is 16.3. The van der Waals surface area contributed by atoms with Gasteiger partial charge in [0.25, 0.3) is 0 Å². The van der Waals surface area contributed by atoms with Crippen LogP contribution in [0.4, 0.5) is 5.82 Å². The van der Waals surface area contributed by atoms with E-state index in [2.05, 4.69) is 23.1 Å². The Morgan fingerprint density at radius 3 is 2.58 bits per heavy atom. The lowest BCUT2D eigenvalue weighted by molar-refractivity contribution is 0.129. The van der Waals surface area contributed by atoms with E-state index in [0.29, 0.717) is 17.9 Å². The molecule has 1 fully saturated rings. The van der Waals surface area contributed by atoms with Crippen LogP contribution in [0, 0.1) is 18.3 Å². The maximum absolute atomic E-state index is 10.7. The number of aromatic nitrogens is 1. The Labute approximate surface area is 153 Å². The zero-order valence-corrected chi connectivity index (χ0v) is 14.8. The number of para-hydroxylation sites is 1. The van der Waals surface area contributed by atoms with Gasteiger partial charge in [-0.25, -0.2) is 4.98 Å². The molecule has 2 heterocycles. The van der Waals surface area contributed by atoms with Crippen molar-refractivity contribution in [2.24, 2.45) is 0 Å². The number of pyridine rings is 1. The summed E-state index contributed by atoms with van der Waals surface area (Å²) in [5.74, 6) is 0.814. The summed E-state index contributed by atoms with van der Waals surface area (Å²) < 4.78 is 0. The monoisotopic (exact) mass is 343 g/mol. The van der Waals surface area contributed by atoms with Gasteiger partial charge in [0.05, 0.1) is 17.2 Å². The number of β-amino-alcohol motifs (C(OH)–C–C–N with tert-alkyl or cyclic N) is 1. The molecule has 0 spiro atoms. The number of hydrogen-bond acceptors (Lipinski definition) is 4. The van der Waals surface area contributed by atoms with Crippen LogP contribution in [0.3, 0.4) is 0 Å². The van der Waals surface area contributed by atoms with Gasteiger partial charge in [-0.1, -0.05) is 48.5 Å². The molecule has 0 bridgehead atoms. The van der Waals surface area contributed by atoms with Gasteiger partial charge >= 0.3 is 0 Å². The van der Waals surface area contributed by atoms with E-state index in [1.165, 1.54) is 5.56 Å². The van der Waals surface area contributed by atoms with Crippen LogP contribution in [0.2, 0.25) is 0 Å². The molecule has 3 aromatic rings. The van der Waals surface area contributed by atoms with Gasteiger partial charge in [0.2, 0.25) is 0 Å². The number of fused-ring (bicyclic) bond motifs is 1. The van der Waals surface area contributed by atoms with E-state index in [1.54, 1.807) is 0 Å². The molecule has 26 heavy (non-hydrogen) atoms. The molecule has 4 rings (SSSR count). The van der Waals surface area contributed by atoms with Crippen LogP contribution in [0.15, 0.2) is 54.6 Å². The van der Waals surface area contributed by atoms with Crippen LogP contribution in [0.25, 0.3) is 10.9 Å². The van der Waals surface area contributed by atoms with Gasteiger partial charge in [0.15, 0.2) is 0 Å². The molecule has 2 aromatic carbocycles. The minimum atomic E-state index is -0.480. The summed E-state index contributed by atoms with van der Waals surface area (Å²) >= 11 is 0. The smallest absolute Gasteiger partial charge is 0.147 e. The molecule has 1 N–H and O–H groups in total. The van der Waals surface area contributed by atoms with Crippen LogP contribution < -0.4 is 4.90 Å². The second-order valence-electron chi connectivity index (χ2n) is 6.88. The number of anilines is 1. The summed E-state index contributed by atoms with van der Waals surface area (Å²) in [6.45, 7) is 3.23. The molecule has 4 heteroatoms. The summed E-state index contributed by atoms with van der Waals surface area (Å²) in [6, 6.07) is 20.4. The number of aliphatic hydroxyl groups is 1. The molecule has 130 valence electrons. The Morgan fingerprint density at radius 2 is 1.85 bits per heavy atom. The summed E-state index contributed by atoms with van der Waals surface area (Å²) in [5.41, 5.74) is 3.61.